The van der Waals surface area contributed by atoms with Crippen LogP contribution in [0, 0.1) is 0 Å². The zero-order chi connectivity index (χ0) is 11.1. The van der Waals surface area contributed by atoms with Gasteiger partial charge in [0.2, 0.25) is 5.91 Å². The first kappa shape index (κ1) is 11.3. The molecule has 0 saturated heterocycles. The molecule has 1 aromatic rings. The minimum absolute atomic E-state index is 0.208. The summed E-state index contributed by atoms with van der Waals surface area (Å²) in [4.78, 5) is 11.4. The van der Waals surface area contributed by atoms with Gasteiger partial charge in [-0.25, -0.2) is 0 Å². The quantitative estimate of drug-likeness (QED) is 0.664. The van der Waals surface area contributed by atoms with Crippen molar-refractivity contribution in [3.63, 3.8) is 0 Å². The molecule has 1 heterocycles. The molecule has 3 N–H and O–H groups in total. The third-order valence-corrected chi connectivity index (χ3v) is 1.83. The monoisotopic (exact) mass is 206 g/mol. The van der Waals surface area contributed by atoms with E-state index in [0.29, 0.717) is 18.7 Å². The first-order valence-electron chi connectivity index (χ1n) is 4.65. The van der Waals surface area contributed by atoms with Crippen molar-refractivity contribution in [1.29, 1.82) is 0 Å². The lowest BCUT2D eigenvalue weighted by Gasteiger charge is -2.09. The molecule has 1 aromatic heterocycles. The summed E-state index contributed by atoms with van der Waals surface area (Å²) in [6, 6.07) is 3.00. The van der Waals surface area contributed by atoms with E-state index >= 15 is 0 Å². The molecule has 80 valence electrons. The van der Waals surface area contributed by atoms with Gasteiger partial charge in [0.1, 0.15) is 0 Å². The third-order valence-electron chi connectivity index (χ3n) is 1.83. The number of carbonyl (C=O) groups excluding carboxylic acids is 1. The predicted molar refractivity (Wildman–Crippen MR) is 56.7 cm³/mol. The third kappa shape index (κ3) is 3.86. The van der Waals surface area contributed by atoms with Crippen molar-refractivity contribution >= 4 is 5.91 Å². The predicted octanol–water partition coefficient (Wildman–Crippen LogP) is -0.00380. The number of carbonyl (C=O) groups is 1. The van der Waals surface area contributed by atoms with Crippen molar-refractivity contribution in [1.82, 2.24) is 15.5 Å². The average Bonchev–Trinajstić information content (AvgIpc) is 2.27. The molecule has 0 aliphatic heterocycles. The molecule has 0 saturated carbocycles. The summed E-state index contributed by atoms with van der Waals surface area (Å²) in [6.45, 7) is 3.86. The molecule has 0 bridgehead atoms. The van der Waals surface area contributed by atoms with Gasteiger partial charge in [-0.1, -0.05) is 6.08 Å². The van der Waals surface area contributed by atoms with Crippen molar-refractivity contribution in [3.05, 3.63) is 36.7 Å². The normalized spacial score (nSPS) is 11.8. The Kier molecular flexibility index (Phi) is 4.43. The second-order valence-electron chi connectivity index (χ2n) is 3.06. The SMILES string of the molecule is C=CCC(N)C(=O)NCc1cccnn1. The Bertz CT molecular complexity index is 325. The first-order chi connectivity index (χ1) is 7.24. The molecule has 5 heteroatoms. The number of amides is 1. The van der Waals surface area contributed by atoms with E-state index in [2.05, 4.69) is 22.1 Å². The fourth-order valence-electron chi connectivity index (χ4n) is 1.02. The maximum Gasteiger partial charge on any atom is 0.237 e. The molecular weight excluding hydrogens is 192 g/mol. The van der Waals surface area contributed by atoms with Gasteiger partial charge in [-0.2, -0.15) is 10.2 Å². The van der Waals surface area contributed by atoms with Crippen LogP contribution in [0.2, 0.25) is 0 Å². The van der Waals surface area contributed by atoms with Crippen molar-refractivity contribution in [3.8, 4) is 0 Å². The Morgan fingerprint density at radius 3 is 3.13 bits per heavy atom. The molecule has 0 aliphatic carbocycles. The molecule has 15 heavy (non-hydrogen) atoms. The molecule has 0 aromatic carbocycles. The van der Waals surface area contributed by atoms with Crippen LogP contribution < -0.4 is 11.1 Å². The van der Waals surface area contributed by atoms with E-state index in [1.165, 1.54) is 0 Å². The van der Waals surface area contributed by atoms with Crippen molar-refractivity contribution < 1.29 is 4.79 Å². The van der Waals surface area contributed by atoms with Crippen LogP contribution in [0.3, 0.4) is 0 Å². The second-order valence-corrected chi connectivity index (χ2v) is 3.06. The van der Waals surface area contributed by atoms with Crippen LogP contribution in [-0.4, -0.2) is 22.1 Å². The molecule has 1 amide bonds. The Morgan fingerprint density at radius 2 is 2.53 bits per heavy atom. The lowest BCUT2D eigenvalue weighted by Crippen LogP contribution is -2.39. The van der Waals surface area contributed by atoms with Gasteiger partial charge in [0.25, 0.3) is 0 Å². The fraction of sp³-hybridized carbons (Fsp3) is 0.300. The Balaban J connectivity index is 2.37. The molecule has 0 radical (unpaired) electrons. The zero-order valence-corrected chi connectivity index (χ0v) is 8.39. The van der Waals surface area contributed by atoms with Gasteiger partial charge in [-0.05, 0) is 18.6 Å². The Morgan fingerprint density at radius 1 is 1.73 bits per heavy atom. The van der Waals surface area contributed by atoms with Gasteiger partial charge in [0, 0.05) is 6.20 Å². The summed E-state index contributed by atoms with van der Waals surface area (Å²) in [7, 11) is 0. The van der Waals surface area contributed by atoms with E-state index < -0.39 is 6.04 Å². The number of nitrogens with two attached hydrogens (primary N) is 1. The smallest absolute Gasteiger partial charge is 0.237 e. The van der Waals surface area contributed by atoms with E-state index in [1.807, 2.05) is 0 Å². The number of hydrogen-bond donors (Lipinski definition) is 2. The van der Waals surface area contributed by atoms with Gasteiger partial charge in [0.05, 0.1) is 18.3 Å². The second kappa shape index (κ2) is 5.87. The highest BCUT2D eigenvalue weighted by molar-refractivity contribution is 5.81. The van der Waals surface area contributed by atoms with Crippen molar-refractivity contribution in [2.45, 2.75) is 19.0 Å². The molecule has 1 atom stereocenters. The summed E-state index contributed by atoms with van der Waals surface area (Å²) in [5.74, 6) is -0.208. The average molecular weight is 206 g/mol. The lowest BCUT2D eigenvalue weighted by atomic mass is 10.2. The molecule has 1 unspecified atom stereocenters. The maximum absolute atomic E-state index is 11.4. The highest BCUT2D eigenvalue weighted by atomic mass is 16.2. The summed E-state index contributed by atoms with van der Waals surface area (Å²) < 4.78 is 0. The minimum Gasteiger partial charge on any atom is -0.349 e. The van der Waals surface area contributed by atoms with Crippen LogP contribution in [0.4, 0.5) is 0 Å². The topological polar surface area (TPSA) is 80.9 Å². The van der Waals surface area contributed by atoms with Gasteiger partial charge in [0.15, 0.2) is 0 Å². The van der Waals surface area contributed by atoms with E-state index in [4.69, 9.17) is 5.73 Å². The van der Waals surface area contributed by atoms with Crippen LogP contribution in [0.25, 0.3) is 0 Å². The molecule has 0 aliphatic rings. The Labute approximate surface area is 88.4 Å². The lowest BCUT2D eigenvalue weighted by molar-refractivity contribution is -0.122. The number of nitrogens with one attached hydrogen (secondary N) is 1. The molecular formula is C10H14N4O. The van der Waals surface area contributed by atoms with E-state index in [-0.39, 0.29) is 5.91 Å². The zero-order valence-electron chi connectivity index (χ0n) is 8.39. The van der Waals surface area contributed by atoms with Crippen LogP contribution in [0.5, 0.6) is 0 Å². The van der Waals surface area contributed by atoms with E-state index in [0.717, 1.165) is 0 Å². The standard InChI is InChI=1S/C10H14N4O/c1-2-4-9(11)10(15)12-7-8-5-3-6-13-14-8/h2-3,5-6,9H,1,4,7,11H2,(H,12,15). The molecule has 0 fully saturated rings. The molecule has 0 spiro atoms. The summed E-state index contributed by atoms with van der Waals surface area (Å²) >= 11 is 0. The largest absolute Gasteiger partial charge is 0.349 e. The van der Waals surface area contributed by atoms with Gasteiger partial charge < -0.3 is 11.1 Å². The van der Waals surface area contributed by atoms with E-state index in [1.54, 1.807) is 24.4 Å². The Hall–Kier alpha value is -1.75. The van der Waals surface area contributed by atoms with Crippen molar-refractivity contribution in [2.75, 3.05) is 0 Å². The fourth-order valence-corrected chi connectivity index (χ4v) is 1.02. The van der Waals surface area contributed by atoms with Gasteiger partial charge in [-0.3, -0.25) is 4.79 Å². The molecule has 1 rings (SSSR count). The van der Waals surface area contributed by atoms with Gasteiger partial charge >= 0.3 is 0 Å². The van der Waals surface area contributed by atoms with Crippen LogP contribution >= 0.6 is 0 Å². The first-order valence-corrected chi connectivity index (χ1v) is 4.65. The van der Waals surface area contributed by atoms with Crippen LogP contribution in [-0.2, 0) is 11.3 Å². The summed E-state index contributed by atoms with van der Waals surface area (Å²) in [6.07, 6.45) is 3.66. The van der Waals surface area contributed by atoms with E-state index in [9.17, 15) is 4.79 Å². The summed E-state index contributed by atoms with van der Waals surface area (Å²) in [5.41, 5.74) is 6.28. The summed E-state index contributed by atoms with van der Waals surface area (Å²) in [5, 5.41) is 10.2. The number of hydrogen-bond acceptors (Lipinski definition) is 4. The maximum atomic E-state index is 11.4. The minimum atomic E-state index is -0.542. The highest BCUT2D eigenvalue weighted by Crippen LogP contribution is 1.92. The highest BCUT2D eigenvalue weighted by Gasteiger charge is 2.10. The number of nitrogens with zero attached hydrogens (tertiary/aromatic N) is 2. The van der Waals surface area contributed by atoms with Crippen molar-refractivity contribution in [2.24, 2.45) is 5.73 Å². The van der Waals surface area contributed by atoms with Gasteiger partial charge in [-0.15, -0.1) is 6.58 Å². The number of rotatable bonds is 5. The number of aromatic nitrogens is 2. The van der Waals surface area contributed by atoms with Crippen LogP contribution in [0.1, 0.15) is 12.1 Å². The van der Waals surface area contributed by atoms with Crippen LogP contribution in [0.15, 0.2) is 31.0 Å². The molecule has 5 nitrogen and oxygen atoms in total.